The van der Waals surface area contributed by atoms with Crippen molar-refractivity contribution in [3.05, 3.63) is 106 Å². The summed E-state index contributed by atoms with van der Waals surface area (Å²) in [4.78, 5) is 47.2. The Morgan fingerprint density at radius 3 is 1.20 bits per heavy atom. The molecule has 0 aliphatic heterocycles. The third-order valence-electron chi connectivity index (χ3n) is 7.90. The molecule has 0 aliphatic rings. The fourth-order valence-electron chi connectivity index (χ4n) is 4.84. The Balaban J connectivity index is 0.000000211. The van der Waals surface area contributed by atoms with Crippen LogP contribution in [0, 0.1) is 0 Å². The van der Waals surface area contributed by atoms with Crippen LogP contribution in [0.5, 0.6) is 0 Å². The lowest BCUT2D eigenvalue weighted by Gasteiger charge is -2.24. The summed E-state index contributed by atoms with van der Waals surface area (Å²) >= 11 is 4.71. The highest BCUT2D eigenvalue weighted by Crippen LogP contribution is 2.34. The van der Waals surface area contributed by atoms with E-state index in [0.717, 1.165) is 50.0 Å². The van der Waals surface area contributed by atoms with Crippen molar-refractivity contribution in [3.8, 4) is 0 Å². The number of hydrogen-bond donors (Lipinski definition) is 6. The van der Waals surface area contributed by atoms with Crippen molar-refractivity contribution in [1.82, 2.24) is 25.4 Å². The maximum atomic E-state index is 11.7. The molecule has 3 atom stereocenters. The van der Waals surface area contributed by atoms with Gasteiger partial charge in [0.05, 0.1) is 18.1 Å². The lowest BCUT2D eigenvalue weighted by molar-refractivity contribution is -0.115. The van der Waals surface area contributed by atoms with Crippen LogP contribution in [0.2, 0.25) is 0 Å². The van der Waals surface area contributed by atoms with Gasteiger partial charge in [-0.15, -0.1) is 34.0 Å². The summed E-state index contributed by atoms with van der Waals surface area (Å²) in [5.41, 5.74) is 9.48. The third kappa shape index (κ3) is 12.1. The first-order valence-electron chi connectivity index (χ1n) is 16.8. The number of nitrogens with one attached hydrogen (secondary N) is 1. The normalized spacial score (nSPS) is 12.0. The van der Waals surface area contributed by atoms with Gasteiger partial charge in [0.1, 0.15) is 0 Å². The van der Waals surface area contributed by atoms with Crippen LogP contribution in [0.1, 0.15) is 60.5 Å². The summed E-state index contributed by atoms with van der Waals surface area (Å²) in [6.45, 7) is 6.64. The second-order valence-electron chi connectivity index (χ2n) is 12.3. The molecule has 0 spiro atoms. The largest absolute Gasteiger partial charge is 0.370 e. The Morgan fingerprint density at radius 1 is 0.600 bits per heavy atom. The smallest absolute Gasteiger partial charge is 0.343 e. The maximum absolute atomic E-state index is 11.7. The van der Waals surface area contributed by atoms with E-state index < -0.39 is 24.1 Å². The molecule has 3 unspecified atom stereocenters. The van der Waals surface area contributed by atoms with Crippen LogP contribution in [0.3, 0.4) is 0 Å². The number of nitrogens with zero attached hydrogens (tertiary/aromatic N) is 4. The molecule has 0 saturated carbocycles. The minimum Gasteiger partial charge on any atom is -0.370 e. The minimum atomic E-state index is -0.843. The fraction of sp³-hybridized carbons (Fsp3) is 0.263. The molecule has 14 nitrogen and oxygen atoms in total. The van der Waals surface area contributed by atoms with Gasteiger partial charge >= 0.3 is 18.1 Å². The van der Waals surface area contributed by atoms with Gasteiger partial charge in [0.15, 0.2) is 0 Å². The van der Waals surface area contributed by atoms with Crippen LogP contribution in [0.25, 0.3) is 30.3 Å². The van der Waals surface area contributed by atoms with Gasteiger partial charge in [0.25, 0.3) is 0 Å². The molecule has 0 saturated heterocycles. The van der Waals surface area contributed by atoms with Crippen LogP contribution in [-0.4, -0.2) is 80.9 Å². The summed E-state index contributed by atoms with van der Waals surface area (Å²) in [6, 6.07) is 27.0. The van der Waals surface area contributed by atoms with E-state index >= 15 is 0 Å². The first-order valence-corrected chi connectivity index (χ1v) is 19.3. The number of urea groups is 3. The van der Waals surface area contributed by atoms with E-state index in [1.54, 1.807) is 62.0 Å². The molecule has 7 amide bonds. The highest BCUT2D eigenvalue weighted by atomic mass is 32.1. The molecule has 0 fully saturated rings. The Bertz CT molecular complexity index is 2100. The predicted molar refractivity (Wildman–Crippen MR) is 220 cm³/mol. The molecule has 17 heteroatoms. The maximum Gasteiger partial charge on any atom is 0.343 e. The third-order valence-corrected chi connectivity index (χ3v) is 11.8. The van der Waals surface area contributed by atoms with Crippen LogP contribution in [0.15, 0.2) is 91.0 Å². The molecular formula is C38H47N7O7S3. The first-order chi connectivity index (χ1) is 26.0. The zero-order valence-electron chi connectivity index (χ0n) is 31.5. The number of primary amides is 2. The van der Waals surface area contributed by atoms with E-state index in [4.69, 9.17) is 5.73 Å². The lowest BCUT2D eigenvalue weighted by Crippen LogP contribution is -2.38. The topological polar surface area (TPSA) is 206 Å². The van der Waals surface area contributed by atoms with Crippen molar-refractivity contribution in [3.63, 3.8) is 0 Å². The Kier molecular flexibility index (Phi) is 16.4. The number of nitrogens with two attached hydrogens (primary N) is 2. The van der Waals surface area contributed by atoms with Gasteiger partial charge < -0.3 is 21.7 Å². The van der Waals surface area contributed by atoms with E-state index in [1.807, 2.05) is 97.9 Å². The number of benzene rings is 3. The van der Waals surface area contributed by atoms with Gasteiger partial charge in [-0.1, -0.05) is 54.6 Å². The molecule has 0 bridgehead atoms. The molecule has 0 aliphatic carbocycles. The van der Waals surface area contributed by atoms with E-state index in [-0.39, 0.29) is 18.0 Å². The Morgan fingerprint density at radius 2 is 0.909 bits per heavy atom. The summed E-state index contributed by atoms with van der Waals surface area (Å²) < 4.78 is 3.44. The number of amides is 7. The minimum absolute atomic E-state index is 0.333. The van der Waals surface area contributed by atoms with Crippen molar-refractivity contribution >= 4 is 88.3 Å². The molecule has 6 rings (SSSR count). The molecule has 294 valence electrons. The molecule has 0 radical (unpaired) electrons. The van der Waals surface area contributed by atoms with Crippen molar-refractivity contribution in [2.24, 2.45) is 11.5 Å². The molecular weight excluding hydrogens is 763 g/mol. The summed E-state index contributed by atoms with van der Waals surface area (Å²) in [5, 5.41) is 36.8. The first kappa shape index (κ1) is 44.1. The van der Waals surface area contributed by atoms with E-state index in [0.29, 0.717) is 10.1 Å². The molecule has 3 heterocycles. The summed E-state index contributed by atoms with van der Waals surface area (Å²) in [7, 11) is 4.72. The summed E-state index contributed by atoms with van der Waals surface area (Å²) in [6.07, 6.45) is 0. The van der Waals surface area contributed by atoms with Gasteiger partial charge in [0.2, 0.25) is 5.91 Å². The summed E-state index contributed by atoms with van der Waals surface area (Å²) in [5.74, 6) is -0.333. The molecule has 3 aromatic heterocycles. The number of hydroxylamine groups is 6. The highest BCUT2D eigenvalue weighted by Gasteiger charge is 2.23. The Labute approximate surface area is 331 Å². The number of carbonyl (C=O) groups is 4. The highest BCUT2D eigenvalue weighted by molar-refractivity contribution is 7.19. The zero-order chi connectivity index (χ0) is 41.0. The lowest BCUT2D eigenvalue weighted by atomic mass is 10.2. The number of thiophene rings is 3. The predicted octanol–water partition coefficient (Wildman–Crippen LogP) is 8.55. The van der Waals surface area contributed by atoms with E-state index in [1.165, 1.54) is 18.9 Å². The number of fused-ring (bicyclic) bond motifs is 3. The van der Waals surface area contributed by atoms with Crippen molar-refractivity contribution in [1.29, 1.82) is 0 Å². The average molecular weight is 810 g/mol. The van der Waals surface area contributed by atoms with Crippen LogP contribution in [0.4, 0.5) is 14.4 Å². The Hall–Kier alpha value is -5.30. The van der Waals surface area contributed by atoms with Gasteiger partial charge in [-0.3, -0.25) is 20.4 Å². The SMILES string of the molecule is CC(N)=O.CC(c1cc2ccccc2s1)N(O)C(=O)N(C)C.CC(c1cc2ccccc2s1)N(O)C(N)=O.CNC(=O)N(O)C(C)c1cc2ccccc2s1. The number of hydrogen-bond acceptors (Lipinski definition) is 10. The van der Waals surface area contributed by atoms with Gasteiger partial charge in [-0.05, 0) is 73.3 Å². The number of rotatable bonds is 6. The molecule has 6 aromatic rings. The van der Waals surface area contributed by atoms with Crippen LogP contribution in [-0.2, 0) is 4.79 Å². The van der Waals surface area contributed by atoms with Crippen molar-refractivity contribution in [2.75, 3.05) is 21.1 Å². The van der Waals surface area contributed by atoms with Gasteiger partial charge in [-0.2, -0.15) is 15.2 Å². The number of carbonyl (C=O) groups excluding carboxylic acids is 4. The molecule has 3 aromatic carbocycles. The zero-order valence-corrected chi connectivity index (χ0v) is 34.0. The average Bonchev–Trinajstić information content (AvgIpc) is 3.92. The van der Waals surface area contributed by atoms with Gasteiger partial charge in [-0.25, -0.2) is 14.4 Å². The molecule has 55 heavy (non-hydrogen) atoms. The quantitative estimate of drug-likeness (QED) is 0.0713. The second-order valence-corrected chi connectivity index (χ2v) is 15.6. The van der Waals surface area contributed by atoms with E-state index in [2.05, 4.69) is 11.1 Å². The van der Waals surface area contributed by atoms with Crippen LogP contribution < -0.4 is 16.8 Å². The van der Waals surface area contributed by atoms with Crippen molar-refractivity contribution in [2.45, 2.75) is 45.8 Å². The van der Waals surface area contributed by atoms with Gasteiger partial charge in [0, 0.05) is 56.8 Å². The van der Waals surface area contributed by atoms with Crippen LogP contribution >= 0.6 is 34.0 Å². The second kappa shape index (κ2) is 20.4. The standard InChI is InChI=1S/C13H16N2O2S.C12H14N2O2S.C11H12N2O2S.C2H5NO/c1-9(15(17)13(16)14(2)3)12-8-10-6-4-5-7-11(10)18-12;1-8(14(16)12(15)13-2)11-7-9-5-3-4-6-10(9)17-11;1-7(13(15)11(12)14)10-6-8-4-2-3-5-9(8)16-10;1-2(3)4/h4-9,17H,1-3H3;3-8,16H,1-2H3,(H,13,15);2-7,15H,1H3,(H2,12,14);1H3,(H2,3,4). The van der Waals surface area contributed by atoms with Crippen molar-refractivity contribution < 1.29 is 34.8 Å². The fourth-order valence-corrected chi connectivity index (χ4v) is 8.14. The van der Waals surface area contributed by atoms with E-state index in [9.17, 15) is 34.8 Å². The monoisotopic (exact) mass is 809 g/mol. The molecule has 8 N–H and O–H groups in total.